The molecule has 0 bridgehead atoms. The van der Waals surface area contributed by atoms with Crippen LogP contribution in [0.1, 0.15) is 39.5 Å². The molecule has 0 atom stereocenters. The summed E-state index contributed by atoms with van der Waals surface area (Å²) in [6.07, 6.45) is 12.8. The summed E-state index contributed by atoms with van der Waals surface area (Å²) in [6, 6.07) is 0. The molecule has 0 fully saturated rings. The van der Waals surface area contributed by atoms with Crippen LogP contribution in [0.15, 0.2) is 42.2 Å². The molecule has 102 valence electrons. The molecule has 0 saturated heterocycles. The highest BCUT2D eigenvalue weighted by Gasteiger charge is 1.85. The molecule has 0 heterocycles. The van der Waals surface area contributed by atoms with Crippen LogP contribution in [-0.4, -0.2) is 19.8 Å². The first kappa shape index (κ1) is 16.9. The molecule has 0 spiro atoms. The van der Waals surface area contributed by atoms with E-state index in [0.29, 0.717) is 0 Å². The molecular formula is C16H28N2. The number of nitrogens with one attached hydrogen (secondary N) is 2. The molecule has 0 aliphatic heterocycles. The van der Waals surface area contributed by atoms with Gasteiger partial charge in [-0.05, 0) is 51.4 Å². The van der Waals surface area contributed by atoms with E-state index in [2.05, 4.69) is 42.0 Å². The van der Waals surface area contributed by atoms with Gasteiger partial charge >= 0.3 is 0 Å². The molecule has 18 heavy (non-hydrogen) atoms. The zero-order valence-electron chi connectivity index (χ0n) is 12.0. The Morgan fingerprint density at radius 3 is 2.72 bits per heavy atom. The Bertz CT molecular complexity index is 283. The Morgan fingerprint density at radius 2 is 2.00 bits per heavy atom. The van der Waals surface area contributed by atoms with E-state index in [1.165, 1.54) is 12.8 Å². The molecule has 2 nitrogen and oxygen atoms in total. The highest BCUT2D eigenvalue weighted by Crippen LogP contribution is 1.90. The van der Waals surface area contributed by atoms with E-state index >= 15 is 0 Å². The van der Waals surface area contributed by atoms with Crippen LogP contribution in [0.4, 0.5) is 0 Å². The normalized spacial score (nSPS) is 10.3. The lowest BCUT2D eigenvalue weighted by Crippen LogP contribution is -2.30. The SMILES string of the molecule is C=C(C)C=C=CCC=CCCNCNCCCC. The summed E-state index contributed by atoms with van der Waals surface area (Å²) in [5.74, 6) is 0. The third-order valence-electron chi connectivity index (χ3n) is 2.31. The standard InChI is InChI=1S/C16H28N2/c1-4-5-13-17-15-18-14-11-9-7-6-8-10-12-16(2)3/h7-9,12,17-18H,2,4-6,11,13-15H2,1,3H3. The molecule has 0 aliphatic carbocycles. The fourth-order valence-electron chi connectivity index (χ4n) is 1.30. The molecule has 0 aromatic rings. The number of hydrogen-bond donors (Lipinski definition) is 2. The van der Waals surface area contributed by atoms with Crippen LogP contribution in [0.5, 0.6) is 0 Å². The van der Waals surface area contributed by atoms with Crippen molar-refractivity contribution in [2.45, 2.75) is 39.5 Å². The van der Waals surface area contributed by atoms with Crippen molar-refractivity contribution in [1.29, 1.82) is 0 Å². The van der Waals surface area contributed by atoms with Crippen LogP contribution in [0.3, 0.4) is 0 Å². The topological polar surface area (TPSA) is 24.1 Å². The molecule has 0 aromatic carbocycles. The zero-order valence-corrected chi connectivity index (χ0v) is 12.0. The van der Waals surface area contributed by atoms with E-state index < -0.39 is 0 Å². The van der Waals surface area contributed by atoms with Gasteiger partial charge in [0.05, 0.1) is 0 Å². The van der Waals surface area contributed by atoms with Crippen LogP contribution in [0, 0.1) is 0 Å². The first-order valence-electron chi connectivity index (χ1n) is 6.90. The minimum absolute atomic E-state index is 0.912. The van der Waals surface area contributed by atoms with Crippen molar-refractivity contribution in [3.8, 4) is 0 Å². The Balaban J connectivity index is 3.28. The molecule has 2 heteroatoms. The molecule has 0 amide bonds. The summed E-state index contributed by atoms with van der Waals surface area (Å²) in [4.78, 5) is 0. The first-order valence-corrected chi connectivity index (χ1v) is 6.90. The first-order chi connectivity index (χ1) is 8.77. The molecule has 0 saturated carbocycles. The molecule has 0 aliphatic rings. The van der Waals surface area contributed by atoms with Crippen LogP contribution in [-0.2, 0) is 0 Å². The monoisotopic (exact) mass is 248 g/mol. The van der Waals surface area contributed by atoms with Gasteiger partial charge in [-0.25, -0.2) is 0 Å². The highest BCUT2D eigenvalue weighted by molar-refractivity contribution is 5.10. The van der Waals surface area contributed by atoms with Gasteiger partial charge in [-0.2, -0.15) is 0 Å². The van der Waals surface area contributed by atoms with Crippen LogP contribution >= 0.6 is 0 Å². The van der Waals surface area contributed by atoms with Crippen molar-refractivity contribution in [1.82, 2.24) is 10.6 Å². The lowest BCUT2D eigenvalue weighted by atomic mass is 10.3. The smallest absolute Gasteiger partial charge is 0.0454 e. The van der Waals surface area contributed by atoms with Gasteiger partial charge in [-0.15, -0.1) is 5.73 Å². The molecule has 0 radical (unpaired) electrons. The number of unbranched alkanes of at least 4 members (excludes halogenated alkanes) is 1. The van der Waals surface area contributed by atoms with Gasteiger partial charge in [-0.1, -0.05) is 37.6 Å². The second kappa shape index (κ2) is 14.0. The molecule has 0 aromatic heterocycles. The minimum atomic E-state index is 0.912. The fraction of sp³-hybridized carbons (Fsp3) is 0.562. The van der Waals surface area contributed by atoms with Gasteiger partial charge in [0.2, 0.25) is 0 Å². The number of allylic oxidation sites excluding steroid dienone is 3. The largest absolute Gasteiger partial charge is 0.304 e. The lowest BCUT2D eigenvalue weighted by Gasteiger charge is -2.04. The van der Waals surface area contributed by atoms with Crippen molar-refractivity contribution >= 4 is 0 Å². The van der Waals surface area contributed by atoms with Crippen molar-refractivity contribution in [3.05, 3.63) is 42.2 Å². The Labute approximate surface area is 113 Å². The van der Waals surface area contributed by atoms with Crippen molar-refractivity contribution in [3.63, 3.8) is 0 Å². The number of rotatable bonds is 11. The average molecular weight is 248 g/mol. The maximum atomic E-state index is 3.78. The van der Waals surface area contributed by atoms with E-state index in [1.54, 1.807) is 0 Å². The Hall–Kier alpha value is -1.08. The van der Waals surface area contributed by atoms with Gasteiger partial charge in [-0.3, -0.25) is 0 Å². The van der Waals surface area contributed by atoms with Crippen molar-refractivity contribution in [2.75, 3.05) is 19.8 Å². The Morgan fingerprint density at radius 1 is 1.22 bits per heavy atom. The van der Waals surface area contributed by atoms with Crippen LogP contribution < -0.4 is 10.6 Å². The fourth-order valence-corrected chi connectivity index (χ4v) is 1.30. The molecule has 0 rings (SSSR count). The van der Waals surface area contributed by atoms with E-state index in [-0.39, 0.29) is 0 Å². The van der Waals surface area contributed by atoms with E-state index in [0.717, 1.165) is 38.2 Å². The van der Waals surface area contributed by atoms with E-state index in [4.69, 9.17) is 0 Å². The van der Waals surface area contributed by atoms with E-state index in [1.807, 2.05) is 19.1 Å². The minimum Gasteiger partial charge on any atom is -0.304 e. The predicted molar refractivity (Wildman–Crippen MR) is 81.6 cm³/mol. The predicted octanol–water partition coefficient (Wildman–Crippen LogP) is 3.55. The van der Waals surface area contributed by atoms with Gasteiger partial charge < -0.3 is 10.6 Å². The van der Waals surface area contributed by atoms with Gasteiger partial charge in [0.15, 0.2) is 0 Å². The molecule has 0 unspecified atom stereocenters. The second-order valence-corrected chi connectivity index (χ2v) is 4.39. The zero-order chi connectivity index (χ0) is 13.5. The third kappa shape index (κ3) is 14.9. The van der Waals surface area contributed by atoms with Gasteiger partial charge in [0, 0.05) is 6.67 Å². The summed E-state index contributed by atoms with van der Waals surface area (Å²) >= 11 is 0. The van der Waals surface area contributed by atoms with E-state index in [9.17, 15) is 0 Å². The summed E-state index contributed by atoms with van der Waals surface area (Å²) in [6.45, 7) is 11.0. The van der Waals surface area contributed by atoms with Crippen LogP contribution in [0.2, 0.25) is 0 Å². The summed E-state index contributed by atoms with van der Waals surface area (Å²) in [5.41, 5.74) is 4.13. The summed E-state index contributed by atoms with van der Waals surface area (Å²) in [7, 11) is 0. The van der Waals surface area contributed by atoms with Gasteiger partial charge in [0.25, 0.3) is 0 Å². The Kier molecular flexibility index (Phi) is 13.1. The lowest BCUT2D eigenvalue weighted by molar-refractivity contribution is 0.569. The average Bonchev–Trinajstić information content (AvgIpc) is 2.34. The molecular weight excluding hydrogens is 220 g/mol. The second-order valence-electron chi connectivity index (χ2n) is 4.39. The third-order valence-corrected chi connectivity index (χ3v) is 2.31. The quantitative estimate of drug-likeness (QED) is 0.192. The maximum Gasteiger partial charge on any atom is 0.0454 e. The highest BCUT2D eigenvalue weighted by atomic mass is 15.0. The van der Waals surface area contributed by atoms with Crippen LogP contribution in [0.25, 0.3) is 0 Å². The summed E-state index contributed by atoms with van der Waals surface area (Å²) in [5, 5.41) is 6.71. The molecule has 2 N–H and O–H groups in total. The maximum absolute atomic E-state index is 3.78. The van der Waals surface area contributed by atoms with Gasteiger partial charge in [0.1, 0.15) is 0 Å². The number of hydrogen-bond acceptors (Lipinski definition) is 2. The summed E-state index contributed by atoms with van der Waals surface area (Å²) < 4.78 is 0. The van der Waals surface area contributed by atoms with Crippen molar-refractivity contribution < 1.29 is 0 Å². The van der Waals surface area contributed by atoms with Crippen molar-refractivity contribution in [2.24, 2.45) is 0 Å².